The maximum absolute atomic E-state index is 13.1. The zero-order valence-electron chi connectivity index (χ0n) is 66.2. The number of carbonyl (C=O) groups excluding carboxylic acids is 4. The Morgan fingerprint density at radius 3 is 0.673 bits per heavy atom. The van der Waals surface area contributed by atoms with Crippen molar-refractivity contribution in [3.05, 3.63) is 0 Å². The first kappa shape index (κ1) is 99.1. The molecule has 0 aromatic rings. The molecule has 0 aliphatic carbocycles. The van der Waals surface area contributed by atoms with E-state index in [0.717, 1.165) is 102 Å². The number of aliphatic hydroxyl groups excluding tert-OH is 1. The maximum atomic E-state index is 13.1. The van der Waals surface area contributed by atoms with Gasteiger partial charge in [-0.2, -0.15) is 0 Å². The van der Waals surface area contributed by atoms with E-state index < -0.39 is 97.5 Å². The van der Waals surface area contributed by atoms with E-state index in [1.165, 1.54) is 250 Å². The number of hydrogen-bond donors (Lipinski definition) is 3. The number of aliphatic hydroxyl groups is 1. The Hall–Kier alpha value is -1.94. The van der Waals surface area contributed by atoms with Crippen molar-refractivity contribution >= 4 is 39.5 Å². The smallest absolute Gasteiger partial charge is 0.462 e. The first-order valence-corrected chi connectivity index (χ1v) is 45.5. The molecule has 0 heterocycles. The predicted molar refractivity (Wildman–Crippen MR) is 414 cm³/mol. The van der Waals surface area contributed by atoms with E-state index in [1.807, 2.05) is 0 Å². The lowest BCUT2D eigenvalue weighted by molar-refractivity contribution is -0.161. The lowest BCUT2D eigenvalue weighted by Crippen LogP contribution is -2.30. The van der Waals surface area contributed by atoms with E-state index in [2.05, 4.69) is 41.5 Å². The Morgan fingerprint density at radius 1 is 0.267 bits per heavy atom. The summed E-state index contributed by atoms with van der Waals surface area (Å²) in [6, 6.07) is 0. The fourth-order valence-electron chi connectivity index (χ4n) is 12.7. The Morgan fingerprint density at radius 2 is 0.455 bits per heavy atom. The van der Waals surface area contributed by atoms with Gasteiger partial charge in [-0.1, -0.05) is 382 Å². The molecule has 19 heteroatoms. The van der Waals surface area contributed by atoms with Crippen molar-refractivity contribution in [1.82, 2.24) is 0 Å². The highest BCUT2D eigenvalue weighted by Crippen LogP contribution is 2.45. The second kappa shape index (κ2) is 73.6. The second-order valence-electron chi connectivity index (χ2n) is 30.5. The van der Waals surface area contributed by atoms with Crippen molar-refractivity contribution in [2.45, 2.75) is 452 Å². The molecule has 0 rings (SSSR count). The highest BCUT2D eigenvalue weighted by molar-refractivity contribution is 7.47. The molecule has 0 aromatic heterocycles. The van der Waals surface area contributed by atoms with Crippen molar-refractivity contribution in [2.75, 3.05) is 39.6 Å². The number of phosphoric ester groups is 2. The van der Waals surface area contributed by atoms with Crippen LogP contribution in [0.4, 0.5) is 0 Å². The average molecular weight is 1480 g/mol. The molecule has 0 saturated carbocycles. The molecule has 0 spiro atoms. The quantitative estimate of drug-likeness (QED) is 0.0222. The van der Waals surface area contributed by atoms with Crippen LogP contribution in [0.2, 0.25) is 0 Å². The van der Waals surface area contributed by atoms with Crippen LogP contribution in [0.5, 0.6) is 0 Å². The minimum absolute atomic E-state index is 0.106. The summed E-state index contributed by atoms with van der Waals surface area (Å²) in [5.41, 5.74) is 0. The molecule has 0 amide bonds. The molecule has 0 fully saturated rings. The topological polar surface area (TPSA) is 237 Å². The molecule has 0 aliphatic rings. The van der Waals surface area contributed by atoms with E-state index in [4.69, 9.17) is 37.0 Å². The highest BCUT2D eigenvalue weighted by Gasteiger charge is 2.30. The normalized spacial score (nSPS) is 13.9. The Kier molecular flexibility index (Phi) is 72.2. The van der Waals surface area contributed by atoms with E-state index in [0.29, 0.717) is 25.7 Å². The summed E-state index contributed by atoms with van der Waals surface area (Å²) in [6.45, 7) is 9.61. The summed E-state index contributed by atoms with van der Waals surface area (Å²) in [7, 11) is -9.92. The third kappa shape index (κ3) is 76.1. The molecular formula is C82H160O17P2. The summed E-state index contributed by atoms with van der Waals surface area (Å²) >= 11 is 0. The fourth-order valence-corrected chi connectivity index (χ4v) is 14.3. The van der Waals surface area contributed by atoms with E-state index in [1.54, 1.807) is 0 Å². The SMILES string of the molecule is CCCCCCCCCCCCCCCCCCCCCCC(=O)O[C@H](COC(=O)CCCCCCCCCCCCCCCCCC)COP(=O)(O)OC[C@@H](O)COP(=O)(O)OC[C@@H](COC(=O)CCCCCCCCCCC(C)C)OC(=O)CCCCCCCCCCCCCC(C)C. The predicted octanol–water partition coefficient (Wildman–Crippen LogP) is 24.7. The Bertz CT molecular complexity index is 1940. The van der Waals surface area contributed by atoms with Gasteiger partial charge in [0.05, 0.1) is 26.4 Å². The highest BCUT2D eigenvalue weighted by atomic mass is 31.2. The van der Waals surface area contributed by atoms with Gasteiger partial charge in [0.25, 0.3) is 0 Å². The molecular weight excluding hydrogens is 1320 g/mol. The summed E-state index contributed by atoms with van der Waals surface area (Å²) < 4.78 is 68.8. The minimum atomic E-state index is -4.96. The van der Waals surface area contributed by atoms with Crippen molar-refractivity contribution < 1.29 is 80.2 Å². The lowest BCUT2D eigenvalue weighted by atomic mass is 10.0. The second-order valence-corrected chi connectivity index (χ2v) is 33.4. The van der Waals surface area contributed by atoms with Gasteiger partial charge < -0.3 is 33.8 Å². The number of unbranched alkanes of at least 4 members (excludes halogenated alkanes) is 51. The molecule has 5 atom stereocenters. The zero-order chi connectivity index (χ0) is 74.2. The number of hydrogen-bond acceptors (Lipinski definition) is 15. The number of phosphoric acid groups is 2. The van der Waals surface area contributed by atoms with Crippen LogP contribution in [0.1, 0.15) is 433 Å². The lowest BCUT2D eigenvalue weighted by Gasteiger charge is -2.21. The number of carbonyl (C=O) groups is 4. The molecule has 101 heavy (non-hydrogen) atoms. The summed E-state index contributed by atoms with van der Waals surface area (Å²) in [5.74, 6) is -0.616. The third-order valence-corrected chi connectivity index (χ3v) is 21.1. The van der Waals surface area contributed by atoms with Gasteiger partial charge in [0, 0.05) is 25.7 Å². The summed E-state index contributed by atoms with van der Waals surface area (Å²) in [4.78, 5) is 73.1. The van der Waals surface area contributed by atoms with Gasteiger partial charge in [-0.3, -0.25) is 37.3 Å². The van der Waals surface area contributed by atoms with Crippen LogP contribution in [0.15, 0.2) is 0 Å². The van der Waals surface area contributed by atoms with Crippen LogP contribution in [0.25, 0.3) is 0 Å². The Balaban J connectivity index is 5.24. The zero-order valence-corrected chi connectivity index (χ0v) is 68.0. The van der Waals surface area contributed by atoms with Crippen LogP contribution in [-0.2, 0) is 65.4 Å². The molecule has 600 valence electrons. The largest absolute Gasteiger partial charge is 0.472 e. The number of esters is 4. The van der Waals surface area contributed by atoms with Gasteiger partial charge in [-0.25, -0.2) is 9.13 Å². The minimum Gasteiger partial charge on any atom is -0.462 e. The van der Waals surface area contributed by atoms with Gasteiger partial charge in [0.2, 0.25) is 0 Å². The van der Waals surface area contributed by atoms with Gasteiger partial charge >= 0.3 is 39.5 Å². The molecule has 2 unspecified atom stereocenters. The van der Waals surface area contributed by atoms with Crippen LogP contribution >= 0.6 is 15.6 Å². The monoisotopic (exact) mass is 1480 g/mol. The van der Waals surface area contributed by atoms with Gasteiger partial charge in [0.15, 0.2) is 12.2 Å². The van der Waals surface area contributed by atoms with Crippen LogP contribution in [0.3, 0.4) is 0 Å². The molecule has 17 nitrogen and oxygen atoms in total. The fraction of sp³-hybridized carbons (Fsp3) is 0.951. The molecule has 0 radical (unpaired) electrons. The number of ether oxygens (including phenoxy) is 4. The maximum Gasteiger partial charge on any atom is 0.472 e. The summed E-state index contributed by atoms with van der Waals surface area (Å²) in [5, 5.41) is 10.6. The van der Waals surface area contributed by atoms with Gasteiger partial charge in [-0.05, 0) is 37.5 Å². The van der Waals surface area contributed by atoms with Gasteiger partial charge in [-0.15, -0.1) is 0 Å². The van der Waals surface area contributed by atoms with Gasteiger partial charge in [0.1, 0.15) is 19.3 Å². The molecule has 0 aromatic carbocycles. The van der Waals surface area contributed by atoms with E-state index in [9.17, 15) is 43.2 Å². The standard InChI is InChI=1S/C82H160O17P2/c1-7-9-11-13-15-17-19-21-23-25-26-27-28-30-32-36-40-48-54-60-66-81(86)98-77(70-92-79(84)64-58-52-46-39-35-31-29-24-22-20-18-16-14-12-10-8-2)72-96-100(88,89)94-68-76(83)69-95-101(90,91)97-73-78(71-93-80(85)65-59-53-47-43-42-45-51-57-63-75(5)6)99-82(87)67-61-55-49-41-37-33-34-38-44-50-56-62-74(3)4/h74-78,83H,7-73H2,1-6H3,(H,88,89)(H,90,91)/t76-,77-,78-/m1/s1. The first-order valence-electron chi connectivity index (χ1n) is 42.5. The van der Waals surface area contributed by atoms with E-state index in [-0.39, 0.29) is 25.7 Å². The van der Waals surface area contributed by atoms with E-state index >= 15 is 0 Å². The van der Waals surface area contributed by atoms with Crippen LogP contribution in [-0.4, -0.2) is 96.7 Å². The number of rotatable bonds is 81. The molecule has 3 N–H and O–H groups in total. The van der Waals surface area contributed by atoms with Crippen molar-refractivity contribution in [2.24, 2.45) is 11.8 Å². The van der Waals surface area contributed by atoms with Crippen molar-refractivity contribution in [1.29, 1.82) is 0 Å². The molecule has 0 saturated heterocycles. The molecule has 0 bridgehead atoms. The Labute approximate surface area is 619 Å². The summed E-state index contributed by atoms with van der Waals surface area (Å²) in [6.07, 6.45) is 63.9. The van der Waals surface area contributed by atoms with Crippen LogP contribution in [0, 0.1) is 11.8 Å². The first-order chi connectivity index (χ1) is 48.9. The van der Waals surface area contributed by atoms with Crippen molar-refractivity contribution in [3.63, 3.8) is 0 Å². The van der Waals surface area contributed by atoms with Crippen molar-refractivity contribution in [3.8, 4) is 0 Å². The molecule has 0 aliphatic heterocycles. The van der Waals surface area contributed by atoms with Crippen LogP contribution < -0.4 is 0 Å². The third-order valence-electron chi connectivity index (χ3n) is 19.2. The average Bonchev–Trinajstić information content (AvgIpc) is 1.42.